The van der Waals surface area contributed by atoms with Crippen LogP contribution in [-0.2, 0) is 27.2 Å². The third-order valence-electron chi connectivity index (χ3n) is 5.12. The van der Waals surface area contributed by atoms with Crippen molar-refractivity contribution in [3.05, 3.63) is 45.8 Å². The van der Waals surface area contributed by atoms with E-state index in [9.17, 15) is 19.6 Å². The second-order valence-corrected chi connectivity index (χ2v) is 9.23. The zero-order valence-corrected chi connectivity index (χ0v) is 19.0. The molecule has 0 spiro atoms. The van der Waals surface area contributed by atoms with Gasteiger partial charge in [0.15, 0.2) is 12.4 Å². The summed E-state index contributed by atoms with van der Waals surface area (Å²) in [7, 11) is 0. The molecule has 31 heavy (non-hydrogen) atoms. The number of rotatable bonds is 8. The van der Waals surface area contributed by atoms with Gasteiger partial charge in [0.05, 0.1) is 12.0 Å². The monoisotopic (exact) mass is 456 g/mol. The van der Waals surface area contributed by atoms with Gasteiger partial charge in [0.1, 0.15) is 11.1 Å². The fourth-order valence-electron chi connectivity index (χ4n) is 3.47. The summed E-state index contributed by atoms with van der Waals surface area (Å²) in [5, 5.41) is 12.8. The summed E-state index contributed by atoms with van der Waals surface area (Å²) in [6, 6.07) is 9.41. The third kappa shape index (κ3) is 6.18. The first-order chi connectivity index (χ1) is 15.0. The van der Waals surface area contributed by atoms with Crippen LogP contribution in [0.25, 0.3) is 0 Å². The highest BCUT2D eigenvalue weighted by molar-refractivity contribution is 7.98. The highest BCUT2D eigenvalue weighted by atomic mass is 32.2. The van der Waals surface area contributed by atoms with E-state index in [1.54, 1.807) is 23.9 Å². The highest BCUT2D eigenvalue weighted by Crippen LogP contribution is 2.36. The lowest BCUT2D eigenvalue weighted by atomic mass is 10.1. The van der Waals surface area contributed by atoms with Crippen molar-refractivity contribution >= 4 is 45.8 Å². The van der Waals surface area contributed by atoms with Gasteiger partial charge < -0.3 is 10.1 Å². The zero-order chi connectivity index (χ0) is 22.2. The minimum absolute atomic E-state index is 0.0231. The molecule has 1 aromatic heterocycles. The number of esters is 1. The smallest absolute Gasteiger partial charge is 0.306 e. The first-order valence-electron chi connectivity index (χ1n) is 10.2. The van der Waals surface area contributed by atoms with Crippen LogP contribution in [0.15, 0.2) is 29.2 Å². The van der Waals surface area contributed by atoms with Crippen molar-refractivity contribution in [1.29, 1.82) is 5.26 Å². The quantitative estimate of drug-likeness (QED) is 0.266. The zero-order valence-electron chi connectivity index (χ0n) is 17.4. The molecule has 1 amide bonds. The molecule has 8 heteroatoms. The number of thiophene rings is 1. The Morgan fingerprint density at radius 3 is 2.58 bits per heavy atom. The molecule has 1 aromatic carbocycles. The Morgan fingerprint density at radius 2 is 1.87 bits per heavy atom. The van der Waals surface area contributed by atoms with Crippen LogP contribution in [0, 0.1) is 11.3 Å². The van der Waals surface area contributed by atoms with Gasteiger partial charge in [-0.1, -0.05) is 18.6 Å². The van der Waals surface area contributed by atoms with Crippen molar-refractivity contribution in [3.63, 3.8) is 0 Å². The molecule has 0 aliphatic heterocycles. The number of fused-ring (bicyclic) bond motifs is 1. The molecule has 0 atom stereocenters. The van der Waals surface area contributed by atoms with Crippen molar-refractivity contribution in [3.8, 4) is 6.07 Å². The molecule has 0 saturated heterocycles. The lowest BCUT2D eigenvalue weighted by Gasteiger charge is -2.06. The standard InChI is InChI=1S/C23H24N2O4S2/c1-30-16-9-7-15(8-10-16)19(26)11-12-22(28)29-14-21(27)25-23-18(13-24)17-5-3-2-4-6-20(17)31-23/h7-10H,2-6,11-12,14H2,1H3,(H,25,27). The Hall–Kier alpha value is -2.63. The van der Waals surface area contributed by atoms with Gasteiger partial charge in [-0.2, -0.15) is 5.26 Å². The van der Waals surface area contributed by atoms with Gasteiger partial charge in [-0.15, -0.1) is 23.1 Å². The minimum atomic E-state index is -0.605. The number of aryl methyl sites for hydroxylation is 1. The van der Waals surface area contributed by atoms with E-state index in [2.05, 4.69) is 11.4 Å². The molecule has 0 bridgehead atoms. The first-order valence-corrected chi connectivity index (χ1v) is 12.2. The molecule has 1 N–H and O–H groups in total. The average Bonchev–Trinajstić information content (AvgIpc) is 2.94. The Labute approximate surface area is 190 Å². The van der Waals surface area contributed by atoms with Crippen LogP contribution in [0.2, 0.25) is 0 Å². The SMILES string of the molecule is CSc1ccc(C(=O)CCC(=O)OCC(=O)Nc2sc3c(c2C#N)CCCCC3)cc1. The molecule has 1 aliphatic carbocycles. The summed E-state index contributed by atoms with van der Waals surface area (Å²) in [6.45, 7) is -0.442. The lowest BCUT2D eigenvalue weighted by molar-refractivity contribution is -0.147. The molecule has 1 aliphatic rings. The molecular formula is C23H24N2O4S2. The van der Waals surface area contributed by atoms with Crippen LogP contribution >= 0.6 is 23.1 Å². The second-order valence-electron chi connectivity index (χ2n) is 7.24. The van der Waals surface area contributed by atoms with Gasteiger partial charge in [0.25, 0.3) is 5.91 Å². The summed E-state index contributed by atoms with van der Waals surface area (Å²) in [5.41, 5.74) is 2.12. The number of ketones is 1. The van der Waals surface area contributed by atoms with Crippen molar-refractivity contribution in [2.45, 2.75) is 49.8 Å². The number of anilines is 1. The van der Waals surface area contributed by atoms with Crippen molar-refractivity contribution in [2.24, 2.45) is 0 Å². The molecule has 0 radical (unpaired) electrons. The summed E-state index contributed by atoms with van der Waals surface area (Å²) < 4.78 is 5.01. The molecule has 0 fully saturated rings. The topological polar surface area (TPSA) is 96.3 Å². The third-order valence-corrected chi connectivity index (χ3v) is 7.07. The molecule has 162 valence electrons. The van der Waals surface area contributed by atoms with Crippen LogP contribution in [0.4, 0.5) is 5.00 Å². The molecule has 0 saturated carbocycles. The Bertz CT molecular complexity index is 1010. The number of thioether (sulfide) groups is 1. The maximum Gasteiger partial charge on any atom is 0.306 e. The summed E-state index contributed by atoms with van der Waals surface area (Å²) >= 11 is 3.02. The summed E-state index contributed by atoms with van der Waals surface area (Å²) in [4.78, 5) is 38.6. The number of benzene rings is 1. The molecule has 6 nitrogen and oxygen atoms in total. The highest BCUT2D eigenvalue weighted by Gasteiger charge is 2.21. The summed E-state index contributed by atoms with van der Waals surface area (Å²) in [5.74, 6) is -1.24. The van der Waals surface area contributed by atoms with E-state index in [4.69, 9.17) is 4.74 Å². The number of nitrogens with one attached hydrogen (secondary N) is 1. The normalized spacial score (nSPS) is 12.9. The maximum atomic E-state index is 12.2. The molecule has 1 heterocycles. The van der Waals surface area contributed by atoms with E-state index in [1.807, 2.05) is 18.4 Å². The lowest BCUT2D eigenvalue weighted by Crippen LogP contribution is -2.21. The van der Waals surface area contributed by atoms with Gasteiger partial charge in [0, 0.05) is 21.8 Å². The van der Waals surface area contributed by atoms with Crippen molar-refractivity contribution < 1.29 is 19.1 Å². The van der Waals surface area contributed by atoms with Gasteiger partial charge >= 0.3 is 5.97 Å². The van der Waals surface area contributed by atoms with E-state index < -0.39 is 18.5 Å². The predicted molar refractivity (Wildman–Crippen MR) is 122 cm³/mol. The summed E-state index contributed by atoms with van der Waals surface area (Å²) in [6.07, 6.45) is 6.95. The molecular weight excluding hydrogens is 432 g/mol. The van der Waals surface area contributed by atoms with Crippen LogP contribution in [0.1, 0.15) is 58.5 Å². The number of Topliss-reactive ketones (excluding diaryl/α,β-unsaturated/α-hetero) is 1. The van der Waals surface area contributed by atoms with Crippen LogP contribution in [0.5, 0.6) is 0 Å². The van der Waals surface area contributed by atoms with Crippen molar-refractivity contribution in [1.82, 2.24) is 0 Å². The van der Waals surface area contributed by atoms with Gasteiger partial charge in [-0.05, 0) is 49.6 Å². The first kappa shape index (κ1) is 23.0. The van der Waals surface area contributed by atoms with Crippen LogP contribution in [-0.4, -0.2) is 30.5 Å². The number of hydrogen-bond acceptors (Lipinski definition) is 7. The number of nitriles is 1. The fraction of sp³-hybridized carbons (Fsp3) is 0.391. The van der Waals surface area contributed by atoms with Crippen LogP contribution < -0.4 is 5.32 Å². The van der Waals surface area contributed by atoms with Gasteiger partial charge in [-0.25, -0.2) is 0 Å². The molecule has 2 aromatic rings. The van der Waals surface area contributed by atoms with E-state index in [-0.39, 0.29) is 18.6 Å². The number of amides is 1. The Morgan fingerprint density at radius 1 is 1.13 bits per heavy atom. The largest absolute Gasteiger partial charge is 0.456 e. The van der Waals surface area contributed by atoms with Crippen molar-refractivity contribution in [2.75, 3.05) is 18.2 Å². The molecule has 0 unspecified atom stereocenters. The predicted octanol–water partition coefficient (Wildman–Crippen LogP) is 4.76. The number of carbonyl (C=O) groups is 3. The van der Waals surface area contributed by atoms with E-state index in [0.717, 1.165) is 47.4 Å². The fourth-order valence-corrected chi connectivity index (χ4v) is 5.13. The van der Waals surface area contributed by atoms with E-state index in [0.29, 0.717) is 16.1 Å². The van der Waals surface area contributed by atoms with Crippen LogP contribution in [0.3, 0.4) is 0 Å². The number of hydrogen-bond donors (Lipinski definition) is 1. The van der Waals surface area contributed by atoms with E-state index in [1.165, 1.54) is 11.3 Å². The maximum absolute atomic E-state index is 12.2. The van der Waals surface area contributed by atoms with Gasteiger partial charge in [0.2, 0.25) is 0 Å². The molecule has 3 rings (SSSR count). The van der Waals surface area contributed by atoms with E-state index >= 15 is 0 Å². The average molecular weight is 457 g/mol. The Kier molecular flexibility index (Phi) is 8.27. The van der Waals surface area contributed by atoms with Gasteiger partial charge in [-0.3, -0.25) is 14.4 Å². The number of carbonyl (C=O) groups excluding carboxylic acids is 3. The number of ether oxygens (including phenoxy) is 1. The second kappa shape index (κ2) is 11.1. The number of nitrogens with zero attached hydrogens (tertiary/aromatic N) is 1. The Balaban J connectivity index is 1.47. The minimum Gasteiger partial charge on any atom is -0.456 e.